The van der Waals surface area contributed by atoms with Crippen molar-refractivity contribution in [3.63, 3.8) is 0 Å². The molecule has 1 aromatic rings. The number of hydrogen-bond donors (Lipinski definition) is 0. The summed E-state index contributed by atoms with van der Waals surface area (Å²) in [5.74, 6) is 1.11. The molecule has 0 amide bonds. The smallest absolute Gasteiger partial charge is 0.172 e. The Morgan fingerprint density at radius 3 is 2.40 bits per heavy atom. The summed E-state index contributed by atoms with van der Waals surface area (Å²) in [5, 5.41) is 0. The van der Waals surface area contributed by atoms with Crippen LogP contribution in [0.2, 0.25) is 0 Å². The number of thioether (sulfide) groups is 1. The maximum Gasteiger partial charge on any atom is 0.172 e. The SMILES string of the molecule is CCC(=O)CSCC(=O)c1ccccc1. The first-order valence-electron chi connectivity index (χ1n) is 4.91. The Morgan fingerprint density at radius 1 is 1.13 bits per heavy atom. The molecule has 0 aliphatic carbocycles. The van der Waals surface area contributed by atoms with Crippen LogP contribution in [0.4, 0.5) is 0 Å². The van der Waals surface area contributed by atoms with Crippen molar-refractivity contribution in [2.75, 3.05) is 11.5 Å². The minimum atomic E-state index is 0.0875. The number of hydrogen-bond acceptors (Lipinski definition) is 3. The van der Waals surface area contributed by atoms with E-state index in [0.29, 0.717) is 23.5 Å². The fraction of sp³-hybridized carbons (Fsp3) is 0.333. The normalized spacial score (nSPS) is 9.93. The van der Waals surface area contributed by atoms with Crippen LogP contribution in [0.1, 0.15) is 23.7 Å². The summed E-state index contributed by atoms with van der Waals surface area (Å²) in [6, 6.07) is 9.16. The number of Topliss-reactive ketones (excluding diaryl/α,β-unsaturated/α-hetero) is 2. The summed E-state index contributed by atoms with van der Waals surface area (Å²) in [7, 11) is 0. The maximum atomic E-state index is 11.6. The van der Waals surface area contributed by atoms with E-state index in [9.17, 15) is 9.59 Å². The average molecular weight is 222 g/mol. The monoisotopic (exact) mass is 222 g/mol. The third-order valence-electron chi connectivity index (χ3n) is 1.99. The van der Waals surface area contributed by atoms with Crippen molar-refractivity contribution in [3.05, 3.63) is 35.9 Å². The Bertz CT molecular complexity index is 333. The van der Waals surface area contributed by atoms with E-state index in [4.69, 9.17) is 0 Å². The van der Waals surface area contributed by atoms with Crippen molar-refractivity contribution in [2.45, 2.75) is 13.3 Å². The first-order valence-corrected chi connectivity index (χ1v) is 6.07. The van der Waals surface area contributed by atoms with Crippen LogP contribution in [0, 0.1) is 0 Å². The van der Waals surface area contributed by atoms with Crippen LogP contribution in [0.3, 0.4) is 0 Å². The van der Waals surface area contributed by atoms with Gasteiger partial charge in [-0.3, -0.25) is 9.59 Å². The largest absolute Gasteiger partial charge is 0.299 e. The first-order chi connectivity index (χ1) is 7.24. The molecular weight excluding hydrogens is 208 g/mol. The second-order valence-corrected chi connectivity index (χ2v) is 4.16. The Labute approximate surface area is 94.1 Å². The van der Waals surface area contributed by atoms with Gasteiger partial charge in [-0.25, -0.2) is 0 Å². The Hall–Kier alpha value is -1.09. The van der Waals surface area contributed by atoms with Crippen molar-refractivity contribution < 1.29 is 9.59 Å². The van der Waals surface area contributed by atoms with Crippen molar-refractivity contribution in [1.82, 2.24) is 0 Å². The van der Waals surface area contributed by atoms with Crippen LogP contribution >= 0.6 is 11.8 Å². The Kier molecular flexibility index (Phi) is 5.12. The molecule has 0 saturated heterocycles. The summed E-state index contributed by atoms with van der Waals surface area (Å²) in [6.07, 6.45) is 0.548. The van der Waals surface area contributed by atoms with Gasteiger partial charge in [0, 0.05) is 12.0 Å². The molecule has 0 atom stereocenters. The van der Waals surface area contributed by atoms with Gasteiger partial charge in [0.1, 0.15) is 5.78 Å². The fourth-order valence-corrected chi connectivity index (χ4v) is 1.95. The van der Waals surface area contributed by atoms with E-state index in [1.807, 2.05) is 25.1 Å². The molecule has 0 N–H and O–H groups in total. The molecule has 1 aromatic carbocycles. The molecule has 3 heteroatoms. The summed E-state index contributed by atoms with van der Waals surface area (Å²) >= 11 is 1.39. The zero-order valence-corrected chi connectivity index (χ0v) is 9.55. The molecule has 0 spiro atoms. The van der Waals surface area contributed by atoms with Crippen LogP contribution in [0.25, 0.3) is 0 Å². The number of benzene rings is 1. The maximum absolute atomic E-state index is 11.6. The van der Waals surface area contributed by atoms with Crippen LogP contribution in [-0.2, 0) is 4.79 Å². The van der Waals surface area contributed by atoms with E-state index in [1.165, 1.54) is 11.8 Å². The third-order valence-corrected chi connectivity index (χ3v) is 2.98. The minimum absolute atomic E-state index is 0.0875. The highest BCUT2D eigenvalue weighted by Crippen LogP contribution is 2.07. The molecule has 0 heterocycles. The second kappa shape index (κ2) is 6.40. The van der Waals surface area contributed by atoms with Crippen LogP contribution in [0.5, 0.6) is 0 Å². The summed E-state index contributed by atoms with van der Waals surface area (Å²) in [6.45, 7) is 1.84. The van der Waals surface area contributed by atoms with Crippen molar-refractivity contribution in [3.8, 4) is 0 Å². The highest BCUT2D eigenvalue weighted by atomic mass is 32.2. The predicted octanol–water partition coefficient (Wildman–Crippen LogP) is 2.58. The van der Waals surface area contributed by atoms with E-state index in [-0.39, 0.29) is 11.6 Å². The first kappa shape index (κ1) is 12.0. The zero-order chi connectivity index (χ0) is 11.1. The molecule has 0 bridgehead atoms. The lowest BCUT2D eigenvalue weighted by Crippen LogP contribution is -2.06. The van der Waals surface area contributed by atoms with E-state index in [2.05, 4.69) is 0 Å². The van der Waals surface area contributed by atoms with Crippen LogP contribution < -0.4 is 0 Å². The van der Waals surface area contributed by atoms with Gasteiger partial charge in [0.05, 0.1) is 11.5 Å². The molecule has 15 heavy (non-hydrogen) atoms. The van der Waals surface area contributed by atoms with Gasteiger partial charge in [-0.1, -0.05) is 37.3 Å². The zero-order valence-electron chi connectivity index (χ0n) is 8.73. The molecule has 1 rings (SSSR count). The van der Waals surface area contributed by atoms with Gasteiger partial charge in [0.25, 0.3) is 0 Å². The Balaban J connectivity index is 2.34. The summed E-state index contributed by atoms with van der Waals surface area (Å²) in [5.41, 5.74) is 0.717. The molecule has 0 aliphatic heterocycles. The second-order valence-electron chi connectivity index (χ2n) is 3.17. The summed E-state index contributed by atoms with van der Waals surface area (Å²) < 4.78 is 0. The van der Waals surface area contributed by atoms with Gasteiger partial charge in [-0.05, 0) is 0 Å². The molecule has 80 valence electrons. The molecule has 0 aliphatic rings. The lowest BCUT2D eigenvalue weighted by molar-refractivity contribution is -0.116. The lowest BCUT2D eigenvalue weighted by Gasteiger charge is -1.99. The Morgan fingerprint density at radius 2 is 1.80 bits per heavy atom. The highest BCUT2D eigenvalue weighted by Gasteiger charge is 2.06. The molecule has 2 nitrogen and oxygen atoms in total. The van der Waals surface area contributed by atoms with Gasteiger partial charge in [0.2, 0.25) is 0 Å². The molecule has 0 radical (unpaired) electrons. The highest BCUT2D eigenvalue weighted by molar-refractivity contribution is 8.00. The number of carbonyl (C=O) groups excluding carboxylic acids is 2. The lowest BCUT2D eigenvalue weighted by atomic mass is 10.2. The van der Waals surface area contributed by atoms with Crippen LogP contribution in [-0.4, -0.2) is 23.1 Å². The van der Waals surface area contributed by atoms with E-state index < -0.39 is 0 Å². The van der Waals surface area contributed by atoms with Crippen molar-refractivity contribution in [2.24, 2.45) is 0 Å². The van der Waals surface area contributed by atoms with Gasteiger partial charge in [-0.2, -0.15) is 0 Å². The van der Waals surface area contributed by atoms with Crippen LogP contribution in [0.15, 0.2) is 30.3 Å². The molecule has 0 unspecified atom stereocenters. The topological polar surface area (TPSA) is 34.1 Å². The predicted molar refractivity (Wildman–Crippen MR) is 63.4 cm³/mol. The number of rotatable bonds is 6. The quantitative estimate of drug-likeness (QED) is 0.694. The number of ketones is 2. The average Bonchev–Trinajstić information content (AvgIpc) is 2.29. The van der Waals surface area contributed by atoms with Gasteiger partial charge in [0.15, 0.2) is 5.78 Å². The molecule has 0 fully saturated rings. The van der Waals surface area contributed by atoms with E-state index in [0.717, 1.165) is 0 Å². The van der Waals surface area contributed by atoms with Gasteiger partial charge in [-0.15, -0.1) is 11.8 Å². The molecule has 0 saturated carbocycles. The number of carbonyl (C=O) groups is 2. The van der Waals surface area contributed by atoms with E-state index in [1.54, 1.807) is 12.1 Å². The van der Waals surface area contributed by atoms with Crippen molar-refractivity contribution >= 4 is 23.3 Å². The van der Waals surface area contributed by atoms with Gasteiger partial charge < -0.3 is 0 Å². The van der Waals surface area contributed by atoms with Crippen molar-refractivity contribution in [1.29, 1.82) is 0 Å². The minimum Gasteiger partial charge on any atom is -0.299 e. The molecular formula is C12H14O2S. The van der Waals surface area contributed by atoms with E-state index >= 15 is 0 Å². The fourth-order valence-electron chi connectivity index (χ4n) is 1.07. The van der Waals surface area contributed by atoms with Gasteiger partial charge >= 0.3 is 0 Å². The standard InChI is InChI=1S/C12H14O2S/c1-2-11(13)8-15-9-12(14)10-6-4-3-5-7-10/h3-7H,2,8-9H2,1H3. The molecule has 0 aromatic heterocycles. The third kappa shape index (κ3) is 4.30. The summed E-state index contributed by atoms with van der Waals surface area (Å²) in [4.78, 5) is 22.6.